The number of primary amides is 1. The van der Waals surface area contributed by atoms with Crippen molar-refractivity contribution in [3.8, 4) is 5.75 Å². The molecular formula is C10H10Cl2N2O4. The fraction of sp³-hybridized carbons (Fsp3) is 0.300. The van der Waals surface area contributed by atoms with Gasteiger partial charge in [0.1, 0.15) is 0 Å². The second-order valence-electron chi connectivity index (χ2n) is 3.41. The quantitative estimate of drug-likeness (QED) is 0.666. The van der Waals surface area contributed by atoms with Crippen LogP contribution >= 0.6 is 23.2 Å². The lowest BCUT2D eigenvalue weighted by Gasteiger charge is -2.14. The van der Waals surface area contributed by atoms with Crippen molar-refractivity contribution in [2.45, 2.75) is 19.4 Å². The number of hydrogen-bond acceptors (Lipinski definition) is 4. The maximum Gasteiger partial charge on any atom is 0.312 e. The maximum absolute atomic E-state index is 11.0. The van der Waals surface area contributed by atoms with E-state index in [9.17, 15) is 14.9 Å². The first-order valence-electron chi connectivity index (χ1n) is 4.96. The Morgan fingerprint density at radius 1 is 1.50 bits per heavy atom. The van der Waals surface area contributed by atoms with Gasteiger partial charge in [0, 0.05) is 12.1 Å². The number of nitro benzene ring substituents is 1. The lowest BCUT2D eigenvalue weighted by Crippen LogP contribution is -2.33. The Balaban J connectivity index is 3.18. The Morgan fingerprint density at radius 3 is 2.50 bits per heavy atom. The van der Waals surface area contributed by atoms with Crippen LogP contribution in [0.1, 0.15) is 13.3 Å². The number of hydrogen-bond donors (Lipinski definition) is 1. The first-order chi connectivity index (χ1) is 8.36. The molecule has 0 fully saturated rings. The predicted octanol–water partition coefficient (Wildman–Crippen LogP) is 2.54. The summed E-state index contributed by atoms with van der Waals surface area (Å²) >= 11 is 11.4. The van der Waals surface area contributed by atoms with Gasteiger partial charge in [-0.2, -0.15) is 0 Å². The number of nitrogens with zero attached hydrogens (tertiary/aromatic N) is 1. The van der Waals surface area contributed by atoms with E-state index in [0.717, 1.165) is 6.07 Å². The Bertz CT molecular complexity index is 493. The first-order valence-corrected chi connectivity index (χ1v) is 5.71. The van der Waals surface area contributed by atoms with Crippen LogP contribution < -0.4 is 10.5 Å². The summed E-state index contributed by atoms with van der Waals surface area (Å²) in [5, 5.41) is 11.0. The zero-order valence-electron chi connectivity index (χ0n) is 9.35. The third-order valence-corrected chi connectivity index (χ3v) is 2.88. The molecule has 98 valence electrons. The molecule has 1 atom stereocenters. The molecule has 0 spiro atoms. The van der Waals surface area contributed by atoms with Gasteiger partial charge < -0.3 is 10.5 Å². The van der Waals surface area contributed by atoms with Gasteiger partial charge >= 0.3 is 5.69 Å². The fourth-order valence-electron chi connectivity index (χ4n) is 1.25. The van der Waals surface area contributed by atoms with Crippen LogP contribution in [0.2, 0.25) is 10.0 Å². The summed E-state index contributed by atoms with van der Waals surface area (Å²) in [6, 6.07) is 2.25. The molecule has 0 radical (unpaired) electrons. The fourth-order valence-corrected chi connectivity index (χ4v) is 1.56. The highest BCUT2D eigenvalue weighted by Gasteiger charge is 2.23. The van der Waals surface area contributed by atoms with Gasteiger partial charge in [-0.3, -0.25) is 14.9 Å². The van der Waals surface area contributed by atoms with Gasteiger partial charge in [0.05, 0.1) is 15.0 Å². The van der Waals surface area contributed by atoms with E-state index in [-0.39, 0.29) is 27.9 Å². The van der Waals surface area contributed by atoms with Gasteiger partial charge in [-0.15, -0.1) is 0 Å². The smallest absolute Gasteiger partial charge is 0.312 e. The van der Waals surface area contributed by atoms with Crippen LogP contribution in [0, 0.1) is 10.1 Å². The van der Waals surface area contributed by atoms with Crippen LogP contribution in [-0.4, -0.2) is 16.9 Å². The molecular weight excluding hydrogens is 283 g/mol. The minimum absolute atomic E-state index is 0.0304. The molecule has 0 saturated heterocycles. The highest BCUT2D eigenvalue weighted by molar-refractivity contribution is 6.42. The molecule has 0 aliphatic carbocycles. The highest BCUT2D eigenvalue weighted by Crippen LogP contribution is 2.36. The van der Waals surface area contributed by atoms with Crippen molar-refractivity contribution in [2.24, 2.45) is 5.73 Å². The molecule has 1 amide bonds. The molecule has 1 rings (SSSR count). The van der Waals surface area contributed by atoms with Crippen molar-refractivity contribution in [1.82, 2.24) is 0 Å². The van der Waals surface area contributed by atoms with Gasteiger partial charge in [-0.05, 0) is 6.42 Å². The second-order valence-corrected chi connectivity index (χ2v) is 4.22. The molecule has 0 bridgehead atoms. The van der Waals surface area contributed by atoms with Gasteiger partial charge in [0.2, 0.25) is 0 Å². The summed E-state index contributed by atoms with van der Waals surface area (Å²) in [4.78, 5) is 21.2. The van der Waals surface area contributed by atoms with Gasteiger partial charge in [0.25, 0.3) is 5.91 Å². The zero-order chi connectivity index (χ0) is 13.9. The number of amides is 1. The van der Waals surface area contributed by atoms with Crippen LogP contribution in [0.25, 0.3) is 0 Å². The number of carbonyl (C=O) groups is 1. The molecule has 0 saturated carbocycles. The Hall–Kier alpha value is -1.53. The molecule has 18 heavy (non-hydrogen) atoms. The molecule has 1 aromatic rings. The van der Waals surface area contributed by atoms with E-state index >= 15 is 0 Å². The average Bonchev–Trinajstić information content (AvgIpc) is 2.29. The van der Waals surface area contributed by atoms with Crippen molar-refractivity contribution in [3.05, 3.63) is 32.3 Å². The number of nitrogens with two attached hydrogens (primary N) is 1. The number of halogens is 2. The number of rotatable bonds is 5. The lowest BCUT2D eigenvalue weighted by atomic mass is 10.2. The summed E-state index contributed by atoms with van der Waals surface area (Å²) in [6.45, 7) is 1.67. The van der Waals surface area contributed by atoms with Crippen molar-refractivity contribution < 1.29 is 14.5 Å². The Morgan fingerprint density at radius 2 is 2.06 bits per heavy atom. The number of nitro groups is 1. The van der Waals surface area contributed by atoms with E-state index in [1.165, 1.54) is 6.07 Å². The molecule has 2 N–H and O–H groups in total. The molecule has 0 aliphatic rings. The van der Waals surface area contributed by atoms with Crippen LogP contribution in [0.3, 0.4) is 0 Å². The summed E-state index contributed by atoms with van der Waals surface area (Å²) < 4.78 is 5.19. The van der Waals surface area contributed by atoms with Crippen LogP contribution in [-0.2, 0) is 4.79 Å². The van der Waals surface area contributed by atoms with Crippen molar-refractivity contribution >= 4 is 34.8 Å². The minimum Gasteiger partial charge on any atom is -0.473 e. The average molecular weight is 293 g/mol. The number of ether oxygens (including phenoxy) is 1. The predicted molar refractivity (Wildman–Crippen MR) is 67.0 cm³/mol. The standard InChI is InChI=1S/C10H10Cl2N2O4/c1-2-8(10(13)15)18-9-4-6(12)5(11)3-7(9)14(16)17/h3-4,8H,2H2,1H3,(H2,13,15). The van der Waals surface area contributed by atoms with E-state index < -0.39 is 16.9 Å². The topological polar surface area (TPSA) is 95.5 Å². The number of benzene rings is 1. The zero-order valence-corrected chi connectivity index (χ0v) is 10.9. The molecule has 0 heterocycles. The molecule has 6 nitrogen and oxygen atoms in total. The van der Waals surface area contributed by atoms with Crippen molar-refractivity contribution in [3.63, 3.8) is 0 Å². The van der Waals surface area contributed by atoms with Crippen LogP contribution in [0.15, 0.2) is 12.1 Å². The highest BCUT2D eigenvalue weighted by atomic mass is 35.5. The second kappa shape index (κ2) is 5.88. The van der Waals surface area contributed by atoms with Crippen LogP contribution in [0.5, 0.6) is 5.75 Å². The summed E-state index contributed by atoms with van der Waals surface area (Å²) in [5.74, 6) is -0.849. The molecule has 0 aromatic heterocycles. The molecule has 1 aromatic carbocycles. The first kappa shape index (κ1) is 14.5. The number of carbonyl (C=O) groups excluding carboxylic acids is 1. The lowest BCUT2D eigenvalue weighted by molar-refractivity contribution is -0.386. The minimum atomic E-state index is -0.957. The summed E-state index contributed by atoms with van der Waals surface area (Å²) in [7, 11) is 0. The van der Waals surface area contributed by atoms with Crippen molar-refractivity contribution in [1.29, 1.82) is 0 Å². The van der Waals surface area contributed by atoms with E-state index in [1.807, 2.05) is 0 Å². The van der Waals surface area contributed by atoms with Gasteiger partial charge in [-0.25, -0.2) is 0 Å². The van der Waals surface area contributed by atoms with Crippen LogP contribution in [0.4, 0.5) is 5.69 Å². The molecule has 1 unspecified atom stereocenters. The molecule has 8 heteroatoms. The van der Waals surface area contributed by atoms with Crippen molar-refractivity contribution in [2.75, 3.05) is 0 Å². The third-order valence-electron chi connectivity index (χ3n) is 2.16. The SMILES string of the molecule is CCC(Oc1cc(Cl)c(Cl)cc1[N+](=O)[O-])C(N)=O. The Labute approximate surface area is 113 Å². The summed E-state index contributed by atoms with van der Waals surface area (Å²) in [6.07, 6.45) is -0.673. The normalized spacial score (nSPS) is 11.9. The van der Waals surface area contributed by atoms with E-state index in [2.05, 4.69) is 0 Å². The molecule has 0 aliphatic heterocycles. The summed E-state index contributed by atoms with van der Waals surface area (Å²) in [5.41, 5.74) is 4.73. The largest absolute Gasteiger partial charge is 0.473 e. The van der Waals surface area contributed by atoms with Gasteiger partial charge in [-0.1, -0.05) is 30.1 Å². The van der Waals surface area contributed by atoms with E-state index in [1.54, 1.807) is 6.92 Å². The maximum atomic E-state index is 11.0. The Kier molecular flexibility index (Phi) is 4.75. The van der Waals surface area contributed by atoms with E-state index in [4.69, 9.17) is 33.7 Å². The van der Waals surface area contributed by atoms with E-state index in [0.29, 0.717) is 0 Å². The third kappa shape index (κ3) is 3.24. The van der Waals surface area contributed by atoms with Gasteiger partial charge in [0.15, 0.2) is 11.9 Å². The monoisotopic (exact) mass is 292 g/mol.